The minimum atomic E-state index is -0.307. The zero-order valence-electron chi connectivity index (χ0n) is 10.8. The molecule has 0 aromatic heterocycles. The van der Waals surface area contributed by atoms with Crippen molar-refractivity contribution in [1.29, 1.82) is 0 Å². The number of rotatable bonds is 3. The number of nitro groups is 1. The highest BCUT2D eigenvalue weighted by Crippen LogP contribution is 2.27. The van der Waals surface area contributed by atoms with Crippen molar-refractivity contribution in [3.63, 3.8) is 0 Å². The van der Waals surface area contributed by atoms with E-state index >= 15 is 0 Å². The summed E-state index contributed by atoms with van der Waals surface area (Å²) in [5, 5.41) is 14.2. The van der Waals surface area contributed by atoms with Gasteiger partial charge in [0.2, 0.25) is 0 Å². The van der Waals surface area contributed by atoms with Crippen LogP contribution in [0.5, 0.6) is 0 Å². The molecule has 1 aliphatic rings. The van der Waals surface area contributed by atoms with E-state index in [9.17, 15) is 10.1 Å². The van der Waals surface area contributed by atoms with Gasteiger partial charge in [0, 0.05) is 36.4 Å². The number of hydrogen-bond donors (Lipinski definition) is 1. The van der Waals surface area contributed by atoms with Crippen molar-refractivity contribution in [2.75, 3.05) is 25.0 Å². The highest BCUT2D eigenvalue weighted by Gasteiger charge is 2.20. The first-order valence-electron chi connectivity index (χ1n) is 6.29. The second kappa shape index (κ2) is 5.35. The normalized spacial score (nSPS) is 19.9. The average molecular weight is 249 g/mol. The third kappa shape index (κ3) is 2.61. The SMILES string of the molecule is CNC1CCCN(c2ccc(C)c([N+](=O)[O-])c2)C1. The number of anilines is 1. The van der Waals surface area contributed by atoms with E-state index < -0.39 is 0 Å². The van der Waals surface area contributed by atoms with Gasteiger partial charge in [-0.2, -0.15) is 0 Å². The zero-order valence-corrected chi connectivity index (χ0v) is 10.8. The molecule has 1 aromatic carbocycles. The van der Waals surface area contributed by atoms with Gasteiger partial charge in [-0.1, -0.05) is 6.07 Å². The van der Waals surface area contributed by atoms with Gasteiger partial charge in [0.05, 0.1) is 4.92 Å². The van der Waals surface area contributed by atoms with E-state index in [1.807, 2.05) is 19.2 Å². The third-order valence-corrected chi connectivity index (χ3v) is 3.58. The Hall–Kier alpha value is -1.62. The molecule has 18 heavy (non-hydrogen) atoms. The molecule has 98 valence electrons. The summed E-state index contributed by atoms with van der Waals surface area (Å²) in [6.45, 7) is 3.66. The molecule has 0 spiro atoms. The zero-order chi connectivity index (χ0) is 13.1. The second-order valence-electron chi connectivity index (χ2n) is 4.80. The number of hydrogen-bond acceptors (Lipinski definition) is 4. The van der Waals surface area contributed by atoms with Gasteiger partial charge in [0.1, 0.15) is 0 Å². The van der Waals surface area contributed by atoms with Crippen LogP contribution < -0.4 is 10.2 Å². The maximum Gasteiger partial charge on any atom is 0.274 e. The highest BCUT2D eigenvalue weighted by molar-refractivity contribution is 5.56. The maximum absolute atomic E-state index is 11.0. The van der Waals surface area contributed by atoms with Crippen LogP contribution in [-0.4, -0.2) is 31.1 Å². The fraction of sp³-hybridized carbons (Fsp3) is 0.538. The third-order valence-electron chi connectivity index (χ3n) is 3.58. The molecule has 0 bridgehead atoms. The van der Waals surface area contributed by atoms with Crippen LogP contribution in [0.1, 0.15) is 18.4 Å². The molecule has 0 saturated carbocycles. The predicted octanol–water partition coefficient (Wildman–Crippen LogP) is 2.09. The second-order valence-corrected chi connectivity index (χ2v) is 4.80. The molecule has 0 radical (unpaired) electrons. The van der Waals surface area contributed by atoms with E-state index in [-0.39, 0.29) is 10.6 Å². The van der Waals surface area contributed by atoms with Crippen molar-refractivity contribution in [2.45, 2.75) is 25.8 Å². The molecule has 0 aliphatic carbocycles. The lowest BCUT2D eigenvalue weighted by Gasteiger charge is -2.34. The van der Waals surface area contributed by atoms with E-state index in [4.69, 9.17) is 0 Å². The molecule has 1 N–H and O–H groups in total. The minimum Gasteiger partial charge on any atom is -0.370 e. The van der Waals surface area contributed by atoms with E-state index in [2.05, 4.69) is 10.2 Å². The molecule has 1 unspecified atom stereocenters. The molecule has 1 fully saturated rings. The maximum atomic E-state index is 11.0. The van der Waals surface area contributed by atoms with Crippen LogP contribution in [-0.2, 0) is 0 Å². The lowest BCUT2D eigenvalue weighted by Crippen LogP contribution is -2.44. The number of benzene rings is 1. The summed E-state index contributed by atoms with van der Waals surface area (Å²) in [7, 11) is 1.96. The van der Waals surface area contributed by atoms with Gasteiger partial charge in [-0.05, 0) is 32.9 Å². The van der Waals surface area contributed by atoms with Crippen LogP contribution in [0.25, 0.3) is 0 Å². The van der Waals surface area contributed by atoms with Crippen molar-refractivity contribution in [3.8, 4) is 0 Å². The Kier molecular flexibility index (Phi) is 3.81. The summed E-state index contributed by atoms with van der Waals surface area (Å²) in [5.41, 5.74) is 1.87. The van der Waals surface area contributed by atoms with Crippen LogP contribution in [0.3, 0.4) is 0 Å². The summed E-state index contributed by atoms with van der Waals surface area (Å²) in [6, 6.07) is 5.96. The predicted molar refractivity (Wildman–Crippen MR) is 72.1 cm³/mol. The molecule has 1 aromatic rings. The monoisotopic (exact) mass is 249 g/mol. The molecular formula is C13H19N3O2. The average Bonchev–Trinajstić information content (AvgIpc) is 2.39. The van der Waals surface area contributed by atoms with Gasteiger partial charge in [0.25, 0.3) is 5.69 Å². The summed E-state index contributed by atoms with van der Waals surface area (Å²) < 4.78 is 0. The van der Waals surface area contributed by atoms with Gasteiger partial charge in [-0.15, -0.1) is 0 Å². The van der Waals surface area contributed by atoms with Crippen LogP contribution in [0.4, 0.5) is 11.4 Å². The van der Waals surface area contributed by atoms with Crippen LogP contribution in [0, 0.1) is 17.0 Å². The smallest absolute Gasteiger partial charge is 0.274 e. The van der Waals surface area contributed by atoms with Crippen LogP contribution >= 0.6 is 0 Å². The first-order valence-corrected chi connectivity index (χ1v) is 6.29. The topological polar surface area (TPSA) is 58.4 Å². The van der Waals surface area contributed by atoms with E-state index in [1.54, 1.807) is 13.0 Å². The van der Waals surface area contributed by atoms with E-state index in [0.717, 1.165) is 25.2 Å². The molecule has 1 heterocycles. The number of piperidine rings is 1. The molecule has 5 nitrogen and oxygen atoms in total. The Morgan fingerprint density at radius 2 is 2.28 bits per heavy atom. The number of likely N-dealkylation sites (N-methyl/N-ethyl adjacent to an activating group) is 1. The molecule has 1 aliphatic heterocycles. The standard InChI is InChI=1S/C13H19N3O2/c1-10-5-6-12(8-13(10)16(17)18)15-7-3-4-11(9-15)14-2/h5-6,8,11,14H,3-4,7,9H2,1-2H3. The molecule has 0 amide bonds. The van der Waals surface area contributed by atoms with E-state index in [1.165, 1.54) is 6.42 Å². The summed E-state index contributed by atoms with van der Waals surface area (Å²) >= 11 is 0. The Balaban J connectivity index is 2.22. The molecular weight excluding hydrogens is 230 g/mol. The number of aryl methyl sites for hydroxylation is 1. The first-order chi connectivity index (χ1) is 8.61. The van der Waals surface area contributed by atoms with Gasteiger partial charge in [-0.3, -0.25) is 10.1 Å². The largest absolute Gasteiger partial charge is 0.370 e. The Labute approximate surface area is 107 Å². The van der Waals surface area contributed by atoms with Crippen LogP contribution in [0.15, 0.2) is 18.2 Å². The van der Waals surface area contributed by atoms with Crippen molar-refractivity contribution in [1.82, 2.24) is 5.32 Å². The lowest BCUT2D eigenvalue weighted by atomic mass is 10.0. The fourth-order valence-electron chi connectivity index (χ4n) is 2.44. The molecule has 1 saturated heterocycles. The van der Waals surface area contributed by atoms with Gasteiger partial charge < -0.3 is 10.2 Å². The quantitative estimate of drug-likeness (QED) is 0.658. The van der Waals surface area contributed by atoms with Crippen molar-refractivity contribution in [2.24, 2.45) is 0 Å². The Morgan fingerprint density at radius 3 is 2.94 bits per heavy atom. The minimum absolute atomic E-state index is 0.207. The number of nitrogens with one attached hydrogen (secondary N) is 1. The van der Waals surface area contributed by atoms with Crippen LogP contribution in [0.2, 0.25) is 0 Å². The molecule has 1 atom stereocenters. The fourth-order valence-corrected chi connectivity index (χ4v) is 2.44. The molecule has 5 heteroatoms. The van der Waals surface area contributed by atoms with Gasteiger partial charge in [-0.25, -0.2) is 0 Å². The number of nitro benzene ring substituents is 1. The molecule has 2 rings (SSSR count). The summed E-state index contributed by atoms with van der Waals surface area (Å²) in [6.07, 6.45) is 2.29. The van der Waals surface area contributed by atoms with Crippen molar-refractivity contribution >= 4 is 11.4 Å². The Morgan fingerprint density at radius 1 is 1.50 bits per heavy atom. The van der Waals surface area contributed by atoms with Crippen molar-refractivity contribution < 1.29 is 4.92 Å². The summed E-state index contributed by atoms with van der Waals surface area (Å²) in [5.74, 6) is 0. The number of nitrogens with zero attached hydrogens (tertiary/aromatic N) is 2. The first kappa shape index (κ1) is 12.8. The van der Waals surface area contributed by atoms with Gasteiger partial charge >= 0.3 is 0 Å². The van der Waals surface area contributed by atoms with Crippen molar-refractivity contribution in [3.05, 3.63) is 33.9 Å². The highest BCUT2D eigenvalue weighted by atomic mass is 16.6. The summed E-state index contributed by atoms with van der Waals surface area (Å²) in [4.78, 5) is 12.9. The van der Waals surface area contributed by atoms with E-state index in [0.29, 0.717) is 11.6 Å². The Bertz CT molecular complexity index is 448. The van der Waals surface area contributed by atoms with Gasteiger partial charge in [0.15, 0.2) is 0 Å². The lowest BCUT2D eigenvalue weighted by molar-refractivity contribution is -0.385.